The Hall–Kier alpha value is -1.61. The van der Waals surface area contributed by atoms with Crippen molar-refractivity contribution in [2.75, 3.05) is 0 Å². The molecule has 1 unspecified atom stereocenters. The summed E-state index contributed by atoms with van der Waals surface area (Å²) >= 11 is 0. The lowest BCUT2D eigenvalue weighted by atomic mass is 9.86. The molecule has 1 aromatic heterocycles. The van der Waals surface area contributed by atoms with Crippen LogP contribution in [-0.2, 0) is 18.9 Å². The maximum atomic E-state index is 10.3. The van der Waals surface area contributed by atoms with E-state index in [0.717, 1.165) is 16.8 Å². The highest BCUT2D eigenvalue weighted by atomic mass is 16.3. The fourth-order valence-electron chi connectivity index (χ4n) is 2.32. The van der Waals surface area contributed by atoms with E-state index in [2.05, 4.69) is 50.1 Å². The third-order valence-electron chi connectivity index (χ3n) is 3.88. The summed E-state index contributed by atoms with van der Waals surface area (Å²) in [5, 5.41) is 14.5. The summed E-state index contributed by atoms with van der Waals surface area (Å²) in [6, 6.07) is 8.52. The minimum Gasteiger partial charge on any atom is -0.388 e. The highest BCUT2D eigenvalue weighted by Crippen LogP contribution is 2.25. The summed E-state index contributed by atoms with van der Waals surface area (Å²) < 4.78 is 1.79. The molecular weight excluding hydrogens is 248 g/mol. The van der Waals surface area contributed by atoms with Gasteiger partial charge in [-0.15, -0.1) is 0 Å². The molecule has 0 aliphatic rings. The van der Waals surface area contributed by atoms with Gasteiger partial charge >= 0.3 is 0 Å². The van der Waals surface area contributed by atoms with Gasteiger partial charge in [0.15, 0.2) is 0 Å². The van der Waals surface area contributed by atoms with E-state index >= 15 is 0 Å². The molecule has 1 atom stereocenters. The number of aryl methyl sites for hydroxylation is 1. The molecule has 0 saturated heterocycles. The molecule has 0 spiro atoms. The van der Waals surface area contributed by atoms with Gasteiger partial charge in [0.25, 0.3) is 0 Å². The Morgan fingerprint density at radius 1 is 1.20 bits per heavy atom. The average molecular weight is 272 g/mol. The second-order valence-electron chi connectivity index (χ2n) is 6.48. The number of aliphatic hydroxyl groups is 1. The van der Waals surface area contributed by atoms with E-state index < -0.39 is 6.10 Å². The molecule has 108 valence electrons. The smallest absolute Gasteiger partial charge is 0.0863 e. The summed E-state index contributed by atoms with van der Waals surface area (Å²) in [5.41, 5.74) is 4.55. The number of hydrogen-bond acceptors (Lipinski definition) is 2. The first-order valence-corrected chi connectivity index (χ1v) is 7.05. The van der Waals surface area contributed by atoms with Crippen LogP contribution in [0.4, 0.5) is 0 Å². The van der Waals surface area contributed by atoms with Crippen molar-refractivity contribution in [3.63, 3.8) is 0 Å². The molecule has 0 bridgehead atoms. The molecule has 2 aromatic rings. The van der Waals surface area contributed by atoms with Crippen molar-refractivity contribution >= 4 is 0 Å². The highest BCUT2D eigenvalue weighted by molar-refractivity contribution is 5.29. The van der Waals surface area contributed by atoms with Crippen molar-refractivity contribution in [3.05, 3.63) is 52.8 Å². The molecule has 0 saturated carbocycles. The zero-order valence-corrected chi connectivity index (χ0v) is 13.0. The largest absolute Gasteiger partial charge is 0.388 e. The maximum absolute atomic E-state index is 10.3. The second-order valence-corrected chi connectivity index (χ2v) is 6.48. The van der Waals surface area contributed by atoms with Gasteiger partial charge in [0.1, 0.15) is 0 Å². The van der Waals surface area contributed by atoms with Crippen molar-refractivity contribution < 1.29 is 5.11 Å². The fourth-order valence-corrected chi connectivity index (χ4v) is 2.32. The van der Waals surface area contributed by atoms with Crippen LogP contribution in [0.15, 0.2) is 30.5 Å². The van der Waals surface area contributed by atoms with Crippen LogP contribution in [0, 0.1) is 6.92 Å². The van der Waals surface area contributed by atoms with Crippen molar-refractivity contribution in [2.45, 2.75) is 45.6 Å². The van der Waals surface area contributed by atoms with E-state index in [4.69, 9.17) is 0 Å². The van der Waals surface area contributed by atoms with Crippen molar-refractivity contribution in [2.24, 2.45) is 7.05 Å². The number of hydrogen-bond donors (Lipinski definition) is 1. The summed E-state index contributed by atoms with van der Waals surface area (Å²) in [4.78, 5) is 0. The molecule has 0 radical (unpaired) electrons. The number of aromatic nitrogens is 2. The van der Waals surface area contributed by atoms with Crippen LogP contribution in [0.2, 0.25) is 0 Å². The molecule has 3 nitrogen and oxygen atoms in total. The molecule has 0 fully saturated rings. The number of aliphatic hydroxyl groups excluding tert-OH is 1. The quantitative estimate of drug-likeness (QED) is 0.931. The summed E-state index contributed by atoms with van der Waals surface area (Å²) in [6.07, 6.45) is 1.88. The van der Waals surface area contributed by atoms with E-state index in [1.807, 2.05) is 14.0 Å². The van der Waals surface area contributed by atoms with Gasteiger partial charge in [-0.3, -0.25) is 4.68 Å². The molecule has 0 amide bonds. The lowest BCUT2D eigenvalue weighted by Crippen LogP contribution is -2.11. The molecule has 0 aliphatic heterocycles. The molecule has 0 aliphatic carbocycles. The second kappa shape index (κ2) is 5.41. The zero-order chi connectivity index (χ0) is 14.9. The van der Waals surface area contributed by atoms with E-state index in [0.29, 0.717) is 6.42 Å². The van der Waals surface area contributed by atoms with Crippen LogP contribution in [0.5, 0.6) is 0 Å². The summed E-state index contributed by atoms with van der Waals surface area (Å²) in [6.45, 7) is 8.59. The van der Waals surface area contributed by atoms with Crippen molar-refractivity contribution in [1.29, 1.82) is 0 Å². The normalized spacial score (nSPS) is 13.5. The standard InChI is InChI=1S/C17H24N2O/c1-12-15(11-18-19(12)5)16(20)10-13-6-8-14(9-7-13)17(2,3)4/h6-9,11,16,20H,10H2,1-5H3. The molecule has 1 heterocycles. The van der Waals surface area contributed by atoms with Gasteiger partial charge in [0.2, 0.25) is 0 Å². The van der Waals surface area contributed by atoms with E-state index in [1.54, 1.807) is 10.9 Å². The van der Waals surface area contributed by atoms with Gasteiger partial charge < -0.3 is 5.11 Å². The average Bonchev–Trinajstić information content (AvgIpc) is 2.69. The summed E-state index contributed by atoms with van der Waals surface area (Å²) in [5.74, 6) is 0. The molecule has 1 aromatic carbocycles. The van der Waals surface area contributed by atoms with Crippen LogP contribution in [-0.4, -0.2) is 14.9 Å². The first-order valence-electron chi connectivity index (χ1n) is 7.05. The zero-order valence-electron chi connectivity index (χ0n) is 13.0. The Morgan fingerprint density at radius 3 is 2.25 bits per heavy atom. The minimum atomic E-state index is -0.496. The molecular formula is C17H24N2O. The number of rotatable bonds is 3. The Balaban J connectivity index is 2.12. The lowest BCUT2D eigenvalue weighted by molar-refractivity contribution is 0.177. The van der Waals surface area contributed by atoms with Crippen LogP contribution in [0.25, 0.3) is 0 Å². The van der Waals surface area contributed by atoms with Gasteiger partial charge in [0.05, 0.1) is 12.3 Å². The van der Waals surface area contributed by atoms with E-state index in [1.165, 1.54) is 5.56 Å². The van der Waals surface area contributed by atoms with Gasteiger partial charge in [-0.05, 0) is 23.5 Å². The fraction of sp³-hybridized carbons (Fsp3) is 0.471. The lowest BCUT2D eigenvalue weighted by Gasteiger charge is -2.19. The van der Waals surface area contributed by atoms with Crippen molar-refractivity contribution in [3.8, 4) is 0 Å². The van der Waals surface area contributed by atoms with Gasteiger partial charge in [-0.25, -0.2) is 0 Å². The van der Waals surface area contributed by atoms with Gasteiger partial charge in [-0.1, -0.05) is 45.0 Å². The monoisotopic (exact) mass is 272 g/mol. The van der Waals surface area contributed by atoms with Gasteiger partial charge in [0, 0.05) is 24.7 Å². The molecule has 20 heavy (non-hydrogen) atoms. The third kappa shape index (κ3) is 3.10. The SMILES string of the molecule is Cc1c(C(O)Cc2ccc(C(C)(C)C)cc2)cnn1C. The topological polar surface area (TPSA) is 38.1 Å². The number of benzene rings is 1. The summed E-state index contributed by atoms with van der Waals surface area (Å²) in [7, 11) is 1.89. The molecule has 3 heteroatoms. The van der Waals surface area contributed by atoms with Crippen LogP contribution in [0.3, 0.4) is 0 Å². The Labute approximate surface area is 121 Å². The minimum absolute atomic E-state index is 0.164. The van der Waals surface area contributed by atoms with Crippen LogP contribution in [0.1, 0.15) is 49.3 Å². The first-order chi connectivity index (χ1) is 9.29. The number of nitrogens with zero attached hydrogens (tertiary/aromatic N) is 2. The predicted octanol–water partition coefficient (Wildman–Crippen LogP) is 3.30. The Bertz CT molecular complexity index is 576. The molecule has 2 rings (SSSR count). The van der Waals surface area contributed by atoms with E-state index in [9.17, 15) is 5.11 Å². The predicted molar refractivity (Wildman–Crippen MR) is 81.8 cm³/mol. The van der Waals surface area contributed by atoms with E-state index in [-0.39, 0.29) is 5.41 Å². The maximum Gasteiger partial charge on any atom is 0.0863 e. The van der Waals surface area contributed by atoms with Crippen LogP contribution >= 0.6 is 0 Å². The van der Waals surface area contributed by atoms with Gasteiger partial charge in [-0.2, -0.15) is 5.10 Å². The van der Waals surface area contributed by atoms with Crippen LogP contribution < -0.4 is 0 Å². The highest BCUT2D eigenvalue weighted by Gasteiger charge is 2.16. The first kappa shape index (κ1) is 14.8. The van der Waals surface area contributed by atoms with Crippen molar-refractivity contribution in [1.82, 2.24) is 9.78 Å². The Kier molecular flexibility index (Phi) is 4.00. The third-order valence-corrected chi connectivity index (χ3v) is 3.88. The molecule has 1 N–H and O–H groups in total. The Morgan fingerprint density at radius 2 is 1.80 bits per heavy atom.